The summed E-state index contributed by atoms with van der Waals surface area (Å²) in [5, 5.41) is 4.40. The number of halogens is 1. The van der Waals surface area contributed by atoms with Gasteiger partial charge in [0, 0.05) is 49.9 Å². The van der Waals surface area contributed by atoms with E-state index in [1.54, 1.807) is 14.2 Å². The van der Waals surface area contributed by atoms with Gasteiger partial charge in [0.15, 0.2) is 17.6 Å². The van der Waals surface area contributed by atoms with Gasteiger partial charge in [-0.2, -0.15) is 0 Å². The average Bonchev–Trinajstić information content (AvgIpc) is 3.20. The minimum absolute atomic E-state index is 0.0689. The molecule has 0 saturated carbocycles. The van der Waals surface area contributed by atoms with Crippen LogP contribution in [0, 0.1) is 5.92 Å². The van der Waals surface area contributed by atoms with Gasteiger partial charge in [-0.15, -0.1) is 0 Å². The van der Waals surface area contributed by atoms with Gasteiger partial charge in [-0.3, -0.25) is 9.69 Å². The van der Waals surface area contributed by atoms with Gasteiger partial charge in [-0.05, 0) is 17.1 Å². The molecule has 2 atom stereocenters. The second kappa shape index (κ2) is 9.01. The molecule has 1 aromatic carbocycles. The van der Waals surface area contributed by atoms with Crippen LogP contribution in [0.5, 0.6) is 17.2 Å². The van der Waals surface area contributed by atoms with E-state index in [1.165, 1.54) is 0 Å². The first-order valence-electron chi connectivity index (χ1n) is 9.97. The molecule has 8 nitrogen and oxygen atoms in total. The zero-order valence-electron chi connectivity index (χ0n) is 17.4. The molecule has 9 heteroatoms. The highest BCUT2D eigenvalue weighted by Crippen LogP contribution is 2.40. The third-order valence-corrected chi connectivity index (χ3v) is 6.80. The van der Waals surface area contributed by atoms with E-state index in [0.717, 1.165) is 55.3 Å². The molecule has 3 heterocycles. The molecule has 162 valence electrons. The number of hydrogen-bond donors (Lipinski definition) is 0. The van der Waals surface area contributed by atoms with Gasteiger partial charge in [0.1, 0.15) is 18.1 Å². The number of amides is 1. The fraction of sp³-hybridized carbons (Fsp3) is 0.524. The van der Waals surface area contributed by atoms with Crippen molar-refractivity contribution in [3.05, 3.63) is 27.4 Å². The summed E-state index contributed by atoms with van der Waals surface area (Å²) >= 11 is 2.11. The number of benzene rings is 1. The van der Waals surface area contributed by atoms with Crippen LogP contribution in [0.15, 0.2) is 26.9 Å². The Morgan fingerprint density at radius 1 is 1.23 bits per heavy atom. The Labute approximate surface area is 189 Å². The Morgan fingerprint density at radius 3 is 2.60 bits per heavy atom. The first-order chi connectivity index (χ1) is 14.5. The monoisotopic (exact) mass is 527 g/mol. The van der Waals surface area contributed by atoms with E-state index >= 15 is 0 Å². The first-order valence-corrected chi connectivity index (χ1v) is 11.2. The quantitative estimate of drug-likeness (QED) is 0.433. The number of nitrogens with zero attached hydrogens (tertiary/aromatic N) is 3. The zero-order valence-corrected chi connectivity index (χ0v) is 19.5. The van der Waals surface area contributed by atoms with Gasteiger partial charge in [0.25, 0.3) is 0 Å². The van der Waals surface area contributed by atoms with Crippen molar-refractivity contribution in [2.45, 2.75) is 13.0 Å². The number of fused-ring (bicyclic) bond motifs is 3. The highest BCUT2D eigenvalue weighted by atomic mass is 127. The summed E-state index contributed by atoms with van der Waals surface area (Å²) < 4.78 is 18.6. The fourth-order valence-corrected chi connectivity index (χ4v) is 4.35. The van der Waals surface area contributed by atoms with E-state index in [2.05, 4.69) is 32.6 Å². The standard InChI is InChI=1S/C21H26IN3O5/c1-13(10-22)21(26)25-6-4-24(5-7-25)11-19-15-12-29-16-9-18(28-3)17(27-2)8-14(16)20(15)23-30-19/h8-10,15,19H,4-7,11-12H2,1-3H3/b13-10+. The minimum atomic E-state index is -0.0699. The molecule has 0 spiro atoms. The Bertz CT molecular complexity index is 880. The van der Waals surface area contributed by atoms with Crippen LogP contribution >= 0.6 is 22.6 Å². The van der Waals surface area contributed by atoms with Gasteiger partial charge in [0.2, 0.25) is 5.91 Å². The molecule has 1 amide bonds. The molecule has 3 aliphatic rings. The number of rotatable bonds is 5. The third-order valence-electron chi connectivity index (χ3n) is 5.87. The van der Waals surface area contributed by atoms with E-state index in [4.69, 9.17) is 19.0 Å². The Kier molecular flexibility index (Phi) is 6.37. The smallest absolute Gasteiger partial charge is 0.250 e. The molecule has 30 heavy (non-hydrogen) atoms. The van der Waals surface area contributed by atoms with Crippen molar-refractivity contribution in [3.63, 3.8) is 0 Å². The lowest BCUT2D eigenvalue weighted by Crippen LogP contribution is -2.51. The lowest BCUT2D eigenvalue weighted by Gasteiger charge is -2.36. The highest BCUT2D eigenvalue weighted by Gasteiger charge is 2.41. The van der Waals surface area contributed by atoms with E-state index < -0.39 is 0 Å². The van der Waals surface area contributed by atoms with Crippen LogP contribution in [-0.4, -0.2) is 81.1 Å². The zero-order chi connectivity index (χ0) is 21.3. The van der Waals surface area contributed by atoms with Gasteiger partial charge in [-0.25, -0.2) is 0 Å². The second-order valence-corrected chi connectivity index (χ2v) is 8.25. The molecule has 1 fully saturated rings. The van der Waals surface area contributed by atoms with Gasteiger partial charge < -0.3 is 23.9 Å². The van der Waals surface area contributed by atoms with E-state index in [9.17, 15) is 4.79 Å². The van der Waals surface area contributed by atoms with E-state index in [1.807, 2.05) is 28.0 Å². The molecule has 2 unspecified atom stereocenters. The van der Waals surface area contributed by atoms with Crippen molar-refractivity contribution >= 4 is 34.2 Å². The summed E-state index contributed by atoms with van der Waals surface area (Å²) in [4.78, 5) is 22.4. The summed E-state index contributed by atoms with van der Waals surface area (Å²) in [5.74, 6) is 2.19. The van der Waals surface area contributed by atoms with Crippen molar-refractivity contribution in [2.75, 3.05) is 53.6 Å². The number of methoxy groups -OCH3 is 2. The number of piperazine rings is 1. The molecular weight excluding hydrogens is 501 g/mol. The summed E-state index contributed by atoms with van der Waals surface area (Å²) in [5.41, 5.74) is 2.58. The first kappa shape index (κ1) is 21.2. The van der Waals surface area contributed by atoms with Gasteiger partial charge >= 0.3 is 0 Å². The van der Waals surface area contributed by atoms with Crippen LogP contribution in [0.25, 0.3) is 0 Å². The Morgan fingerprint density at radius 2 is 1.93 bits per heavy atom. The summed E-state index contributed by atoms with van der Waals surface area (Å²) in [6, 6.07) is 3.74. The predicted octanol–water partition coefficient (Wildman–Crippen LogP) is 2.30. The lowest BCUT2D eigenvalue weighted by atomic mass is 9.90. The molecule has 1 aromatic rings. The van der Waals surface area contributed by atoms with E-state index in [-0.39, 0.29) is 17.9 Å². The molecule has 0 N–H and O–H groups in total. The number of ether oxygens (including phenoxy) is 3. The molecular formula is C21H26IN3O5. The topological polar surface area (TPSA) is 72.8 Å². The SMILES string of the molecule is COc1cc2c(cc1OC)C1=NOC(CN3CCN(C(=O)/C(C)=C/I)CC3)C1CO2. The molecule has 1 saturated heterocycles. The van der Waals surface area contributed by atoms with Crippen LogP contribution in [-0.2, 0) is 9.63 Å². The average molecular weight is 527 g/mol. The number of oxime groups is 1. The minimum Gasteiger partial charge on any atom is -0.493 e. The van der Waals surface area contributed by atoms with Crippen LogP contribution in [0.3, 0.4) is 0 Å². The number of carbonyl (C=O) groups is 1. The van der Waals surface area contributed by atoms with Crippen LogP contribution in [0.1, 0.15) is 12.5 Å². The van der Waals surface area contributed by atoms with Crippen LogP contribution in [0.2, 0.25) is 0 Å². The van der Waals surface area contributed by atoms with Crippen molar-refractivity contribution in [2.24, 2.45) is 11.1 Å². The second-order valence-electron chi connectivity index (χ2n) is 7.63. The van der Waals surface area contributed by atoms with Crippen molar-refractivity contribution in [1.29, 1.82) is 0 Å². The van der Waals surface area contributed by atoms with Crippen molar-refractivity contribution in [3.8, 4) is 17.2 Å². The maximum absolute atomic E-state index is 12.3. The summed E-state index contributed by atoms with van der Waals surface area (Å²) in [7, 11) is 3.22. The number of hydrogen-bond acceptors (Lipinski definition) is 7. The Balaban J connectivity index is 1.39. The summed E-state index contributed by atoms with van der Waals surface area (Å²) in [6.07, 6.45) is -0.0699. The summed E-state index contributed by atoms with van der Waals surface area (Å²) in [6.45, 7) is 6.23. The molecule has 0 aliphatic carbocycles. The van der Waals surface area contributed by atoms with E-state index in [0.29, 0.717) is 18.1 Å². The van der Waals surface area contributed by atoms with Crippen LogP contribution < -0.4 is 14.2 Å². The molecule has 4 rings (SSSR count). The van der Waals surface area contributed by atoms with Crippen molar-refractivity contribution < 1.29 is 23.8 Å². The van der Waals surface area contributed by atoms with Crippen LogP contribution in [0.4, 0.5) is 0 Å². The molecule has 0 radical (unpaired) electrons. The maximum Gasteiger partial charge on any atom is 0.250 e. The molecule has 3 aliphatic heterocycles. The van der Waals surface area contributed by atoms with Gasteiger partial charge in [-0.1, -0.05) is 27.7 Å². The molecule has 0 aromatic heterocycles. The fourth-order valence-electron chi connectivity index (χ4n) is 4.08. The molecule has 0 bridgehead atoms. The number of carbonyl (C=O) groups excluding carboxylic acids is 1. The largest absolute Gasteiger partial charge is 0.493 e. The predicted molar refractivity (Wildman–Crippen MR) is 121 cm³/mol. The van der Waals surface area contributed by atoms with Gasteiger partial charge in [0.05, 0.1) is 20.1 Å². The Hall–Kier alpha value is -2.01. The highest BCUT2D eigenvalue weighted by molar-refractivity contribution is 14.1. The lowest BCUT2D eigenvalue weighted by molar-refractivity contribution is -0.129. The maximum atomic E-state index is 12.3. The van der Waals surface area contributed by atoms with Crippen molar-refractivity contribution in [1.82, 2.24) is 9.80 Å². The normalized spacial score (nSPS) is 23.7. The third kappa shape index (κ3) is 3.96.